The van der Waals surface area contributed by atoms with Crippen LogP contribution in [0.3, 0.4) is 0 Å². The van der Waals surface area contributed by atoms with Crippen LogP contribution in [0, 0.1) is 13.8 Å². The van der Waals surface area contributed by atoms with Gasteiger partial charge in [0.1, 0.15) is 5.75 Å². The number of benzene rings is 1. The molecule has 2 rings (SSSR count). The van der Waals surface area contributed by atoms with Gasteiger partial charge >= 0.3 is 6.03 Å². The maximum absolute atomic E-state index is 12.3. The van der Waals surface area contributed by atoms with Crippen LogP contribution in [0.15, 0.2) is 36.5 Å². The number of aryl methyl sites for hydroxylation is 2. The van der Waals surface area contributed by atoms with Gasteiger partial charge in [0, 0.05) is 13.1 Å². The van der Waals surface area contributed by atoms with Crippen LogP contribution in [-0.4, -0.2) is 66.6 Å². The Balaban J connectivity index is 1.76. The molecule has 0 aliphatic heterocycles. The van der Waals surface area contributed by atoms with Gasteiger partial charge in [-0.15, -0.1) is 0 Å². The standard InChI is InChI=1S/C23H33N3O5/c1-16(2)30-11-10-29-15-20(27)14-26(5)23(28)25-19-7-9-22(24-13-19)31-21-8-6-17(3)18(4)12-21/h6-9,12-13,16,20,27H,10-11,14-15H2,1-5H3,(H,25,28). The van der Waals surface area contributed by atoms with Crippen LogP contribution >= 0.6 is 0 Å². The summed E-state index contributed by atoms with van der Waals surface area (Å²) in [6, 6.07) is 8.88. The Morgan fingerprint density at radius 3 is 2.58 bits per heavy atom. The molecular weight excluding hydrogens is 398 g/mol. The molecule has 2 N–H and O–H groups in total. The SMILES string of the molecule is Cc1ccc(Oc2ccc(NC(=O)N(C)CC(O)COCCOC(C)C)cn2)cc1C. The molecular formula is C23H33N3O5. The van der Waals surface area contributed by atoms with Crippen molar-refractivity contribution in [2.75, 3.05) is 38.7 Å². The van der Waals surface area contributed by atoms with Gasteiger partial charge in [0.05, 0.1) is 50.5 Å². The van der Waals surface area contributed by atoms with Crippen molar-refractivity contribution in [3.63, 3.8) is 0 Å². The van der Waals surface area contributed by atoms with E-state index in [2.05, 4.69) is 10.3 Å². The molecule has 8 nitrogen and oxygen atoms in total. The van der Waals surface area contributed by atoms with Gasteiger partial charge in [0.2, 0.25) is 5.88 Å². The van der Waals surface area contributed by atoms with Gasteiger partial charge < -0.3 is 29.5 Å². The molecule has 1 aromatic heterocycles. The van der Waals surface area contributed by atoms with Crippen LogP contribution in [0.5, 0.6) is 11.6 Å². The summed E-state index contributed by atoms with van der Waals surface area (Å²) in [4.78, 5) is 17.9. The molecule has 1 atom stereocenters. The molecule has 0 aliphatic carbocycles. The van der Waals surface area contributed by atoms with Crippen LogP contribution in [0.4, 0.5) is 10.5 Å². The van der Waals surface area contributed by atoms with Crippen molar-refractivity contribution in [2.24, 2.45) is 0 Å². The van der Waals surface area contributed by atoms with Gasteiger partial charge in [-0.25, -0.2) is 9.78 Å². The van der Waals surface area contributed by atoms with Crippen molar-refractivity contribution < 1.29 is 24.1 Å². The summed E-state index contributed by atoms with van der Waals surface area (Å²) in [5, 5.41) is 12.8. The fourth-order valence-electron chi connectivity index (χ4n) is 2.65. The number of aromatic nitrogens is 1. The number of aliphatic hydroxyl groups excluding tert-OH is 1. The molecule has 8 heteroatoms. The van der Waals surface area contributed by atoms with Crippen molar-refractivity contribution in [3.8, 4) is 11.6 Å². The zero-order chi connectivity index (χ0) is 22.8. The van der Waals surface area contributed by atoms with E-state index in [-0.39, 0.29) is 25.3 Å². The number of urea groups is 1. The molecule has 170 valence electrons. The molecule has 0 saturated heterocycles. The minimum atomic E-state index is -0.790. The highest BCUT2D eigenvalue weighted by Crippen LogP contribution is 2.23. The average molecular weight is 432 g/mol. The smallest absolute Gasteiger partial charge is 0.321 e. The van der Waals surface area contributed by atoms with Crippen molar-refractivity contribution in [1.82, 2.24) is 9.88 Å². The highest BCUT2D eigenvalue weighted by Gasteiger charge is 2.14. The molecule has 0 aliphatic rings. The minimum Gasteiger partial charge on any atom is -0.439 e. The summed E-state index contributed by atoms with van der Waals surface area (Å²) < 4.78 is 16.5. The number of rotatable bonds is 11. The highest BCUT2D eigenvalue weighted by atomic mass is 16.5. The van der Waals surface area contributed by atoms with E-state index in [4.69, 9.17) is 14.2 Å². The Labute approximate surface area is 184 Å². The zero-order valence-electron chi connectivity index (χ0n) is 18.9. The van der Waals surface area contributed by atoms with Gasteiger partial charge in [-0.05, 0) is 57.0 Å². The van der Waals surface area contributed by atoms with Gasteiger partial charge in [0.25, 0.3) is 0 Å². The summed E-state index contributed by atoms with van der Waals surface area (Å²) >= 11 is 0. The van der Waals surface area contributed by atoms with Crippen molar-refractivity contribution in [2.45, 2.75) is 39.9 Å². The fraction of sp³-hybridized carbons (Fsp3) is 0.478. The van der Waals surface area contributed by atoms with Gasteiger partial charge in [-0.3, -0.25) is 0 Å². The lowest BCUT2D eigenvalue weighted by Gasteiger charge is -2.21. The zero-order valence-corrected chi connectivity index (χ0v) is 18.9. The van der Waals surface area contributed by atoms with Crippen LogP contribution in [0.2, 0.25) is 0 Å². The molecule has 0 fully saturated rings. The molecule has 1 aromatic carbocycles. The summed E-state index contributed by atoms with van der Waals surface area (Å²) in [6.07, 6.45) is 0.878. The van der Waals surface area contributed by atoms with Crippen LogP contribution in [0.25, 0.3) is 0 Å². The lowest BCUT2D eigenvalue weighted by atomic mass is 10.1. The second-order valence-corrected chi connectivity index (χ2v) is 7.69. The predicted molar refractivity (Wildman–Crippen MR) is 120 cm³/mol. The Morgan fingerprint density at radius 2 is 1.94 bits per heavy atom. The van der Waals surface area contributed by atoms with Crippen LogP contribution in [-0.2, 0) is 9.47 Å². The first-order valence-electron chi connectivity index (χ1n) is 10.3. The van der Waals surface area contributed by atoms with E-state index in [9.17, 15) is 9.90 Å². The number of aliphatic hydroxyl groups is 1. The summed E-state index contributed by atoms with van der Waals surface area (Å²) in [6.45, 7) is 9.09. The van der Waals surface area contributed by atoms with Gasteiger partial charge in [-0.2, -0.15) is 0 Å². The number of hydrogen-bond donors (Lipinski definition) is 2. The van der Waals surface area contributed by atoms with E-state index in [1.165, 1.54) is 16.7 Å². The highest BCUT2D eigenvalue weighted by molar-refractivity contribution is 5.88. The van der Waals surface area contributed by atoms with E-state index in [0.29, 0.717) is 30.5 Å². The normalized spacial score (nSPS) is 12.0. The third-order valence-electron chi connectivity index (χ3n) is 4.51. The number of likely N-dealkylation sites (N-methyl/N-ethyl adjacent to an activating group) is 1. The van der Waals surface area contributed by atoms with Crippen LogP contribution in [0.1, 0.15) is 25.0 Å². The maximum atomic E-state index is 12.3. The molecule has 0 radical (unpaired) electrons. The number of ether oxygens (including phenoxy) is 3. The third-order valence-corrected chi connectivity index (χ3v) is 4.51. The van der Waals surface area contributed by atoms with E-state index in [1.54, 1.807) is 19.2 Å². The quantitative estimate of drug-likeness (QED) is 0.526. The van der Waals surface area contributed by atoms with E-state index in [1.807, 2.05) is 45.9 Å². The Kier molecular flexibility index (Phi) is 9.71. The number of carbonyl (C=O) groups is 1. The molecule has 31 heavy (non-hydrogen) atoms. The molecule has 2 amide bonds. The monoisotopic (exact) mass is 431 g/mol. The van der Waals surface area contributed by atoms with Crippen molar-refractivity contribution >= 4 is 11.7 Å². The first-order valence-corrected chi connectivity index (χ1v) is 10.3. The van der Waals surface area contributed by atoms with E-state index >= 15 is 0 Å². The Hall–Kier alpha value is -2.68. The van der Waals surface area contributed by atoms with E-state index < -0.39 is 6.10 Å². The number of carbonyl (C=O) groups excluding carboxylic acids is 1. The van der Waals surface area contributed by atoms with E-state index in [0.717, 1.165) is 5.56 Å². The maximum Gasteiger partial charge on any atom is 0.321 e. The summed E-state index contributed by atoms with van der Waals surface area (Å²) in [7, 11) is 1.60. The van der Waals surface area contributed by atoms with Gasteiger partial charge in [-0.1, -0.05) is 6.07 Å². The largest absolute Gasteiger partial charge is 0.439 e. The topological polar surface area (TPSA) is 93.2 Å². The van der Waals surface area contributed by atoms with Crippen LogP contribution < -0.4 is 10.1 Å². The lowest BCUT2D eigenvalue weighted by Crippen LogP contribution is -2.39. The second-order valence-electron chi connectivity index (χ2n) is 7.69. The molecule has 2 aromatic rings. The average Bonchev–Trinajstić information content (AvgIpc) is 2.71. The number of pyridine rings is 1. The number of amides is 2. The molecule has 0 bridgehead atoms. The second kappa shape index (κ2) is 12.2. The summed E-state index contributed by atoms with van der Waals surface area (Å²) in [5.74, 6) is 1.14. The number of nitrogens with zero attached hydrogens (tertiary/aromatic N) is 2. The first kappa shape index (κ1) is 24.6. The lowest BCUT2D eigenvalue weighted by molar-refractivity contribution is -0.0144. The molecule has 1 heterocycles. The fourth-order valence-corrected chi connectivity index (χ4v) is 2.65. The molecule has 0 saturated carbocycles. The minimum absolute atomic E-state index is 0.130. The third kappa shape index (κ3) is 8.92. The van der Waals surface area contributed by atoms with Gasteiger partial charge in [0.15, 0.2) is 0 Å². The summed E-state index contributed by atoms with van der Waals surface area (Å²) in [5.41, 5.74) is 2.86. The van der Waals surface area contributed by atoms with Crippen molar-refractivity contribution in [3.05, 3.63) is 47.7 Å². The van der Waals surface area contributed by atoms with Crippen molar-refractivity contribution in [1.29, 1.82) is 0 Å². The predicted octanol–water partition coefficient (Wildman–Crippen LogP) is 3.76. The number of hydrogen-bond acceptors (Lipinski definition) is 6. The number of anilines is 1. The Bertz CT molecular complexity index is 826. The first-order chi connectivity index (χ1) is 14.7. The molecule has 0 spiro atoms. The Morgan fingerprint density at radius 1 is 1.16 bits per heavy atom. The number of nitrogens with one attached hydrogen (secondary N) is 1. The molecule has 1 unspecified atom stereocenters.